The Bertz CT molecular complexity index is 581. The van der Waals surface area contributed by atoms with E-state index in [1.165, 1.54) is 14.1 Å². The normalized spacial score (nSPS) is 13.0. The van der Waals surface area contributed by atoms with E-state index in [0.29, 0.717) is 0 Å². The van der Waals surface area contributed by atoms with Gasteiger partial charge < -0.3 is 10.2 Å². The van der Waals surface area contributed by atoms with Gasteiger partial charge in [0.15, 0.2) is 0 Å². The lowest BCUT2D eigenvalue weighted by atomic mass is 10.1. The quantitative estimate of drug-likeness (QED) is 0.612. The number of hydrogen-bond donors (Lipinski definition) is 1. The van der Waals surface area contributed by atoms with Crippen molar-refractivity contribution < 1.29 is 0 Å². The predicted molar refractivity (Wildman–Crippen MR) is 101 cm³/mol. The van der Waals surface area contributed by atoms with E-state index in [2.05, 4.69) is 91.0 Å². The van der Waals surface area contributed by atoms with Crippen LogP contribution in [0, 0.1) is 2.88 Å². The molecule has 0 spiro atoms. The SMILES string of the molecule is CCNC(c1csc(I)c1)c1c(Br)cnn1CCN(C)C. The molecule has 0 aliphatic heterocycles. The molecule has 2 aromatic rings. The lowest BCUT2D eigenvalue weighted by Gasteiger charge is -2.20. The Balaban J connectivity index is 2.33. The van der Waals surface area contributed by atoms with Gasteiger partial charge in [-0.3, -0.25) is 4.68 Å². The zero-order valence-electron chi connectivity index (χ0n) is 12.4. The molecule has 116 valence electrons. The minimum Gasteiger partial charge on any atom is -0.308 e. The molecule has 1 atom stereocenters. The summed E-state index contributed by atoms with van der Waals surface area (Å²) in [6, 6.07) is 2.42. The van der Waals surface area contributed by atoms with Crippen molar-refractivity contribution in [2.24, 2.45) is 0 Å². The molecule has 0 amide bonds. The van der Waals surface area contributed by atoms with Gasteiger partial charge in [-0.15, -0.1) is 11.3 Å². The van der Waals surface area contributed by atoms with Crippen molar-refractivity contribution in [3.63, 3.8) is 0 Å². The van der Waals surface area contributed by atoms with E-state index in [0.717, 1.165) is 24.1 Å². The first-order valence-corrected chi connectivity index (χ1v) is 9.61. The molecule has 2 heterocycles. The van der Waals surface area contributed by atoms with Gasteiger partial charge in [0.1, 0.15) is 0 Å². The van der Waals surface area contributed by atoms with Crippen molar-refractivity contribution in [2.75, 3.05) is 27.2 Å². The van der Waals surface area contributed by atoms with Gasteiger partial charge >= 0.3 is 0 Å². The van der Waals surface area contributed by atoms with E-state index in [1.54, 1.807) is 11.3 Å². The summed E-state index contributed by atoms with van der Waals surface area (Å²) in [4.78, 5) is 2.18. The third-order valence-electron chi connectivity index (χ3n) is 3.20. The third-order valence-corrected chi connectivity index (χ3v) is 5.61. The summed E-state index contributed by atoms with van der Waals surface area (Å²) in [5, 5.41) is 10.3. The summed E-state index contributed by atoms with van der Waals surface area (Å²) in [5.74, 6) is 0. The molecule has 1 N–H and O–H groups in total. The highest BCUT2D eigenvalue weighted by atomic mass is 127. The maximum atomic E-state index is 4.53. The predicted octanol–water partition coefficient (Wildman–Crippen LogP) is 3.57. The summed E-state index contributed by atoms with van der Waals surface area (Å²) in [6.45, 7) is 4.92. The van der Waals surface area contributed by atoms with Gasteiger partial charge in [-0.05, 0) is 76.2 Å². The van der Waals surface area contributed by atoms with Gasteiger partial charge in [-0.2, -0.15) is 5.10 Å². The zero-order chi connectivity index (χ0) is 15.4. The fourth-order valence-corrected chi connectivity index (χ4v) is 4.11. The first-order valence-electron chi connectivity index (χ1n) is 6.86. The number of hydrogen-bond acceptors (Lipinski definition) is 4. The summed E-state index contributed by atoms with van der Waals surface area (Å²) in [5.41, 5.74) is 2.51. The molecule has 0 radical (unpaired) electrons. The van der Waals surface area contributed by atoms with E-state index in [-0.39, 0.29) is 6.04 Å². The molecule has 7 heteroatoms. The van der Waals surface area contributed by atoms with E-state index in [4.69, 9.17) is 0 Å². The Morgan fingerprint density at radius 3 is 2.86 bits per heavy atom. The van der Waals surface area contributed by atoms with Crippen LogP contribution in [-0.2, 0) is 6.54 Å². The topological polar surface area (TPSA) is 33.1 Å². The second-order valence-electron chi connectivity index (χ2n) is 5.08. The van der Waals surface area contributed by atoms with Gasteiger partial charge in [-0.1, -0.05) is 6.92 Å². The van der Waals surface area contributed by atoms with Crippen LogP contribution in [0.1, 0.15) is 24.2 Å². The molecule has 0 fully saturated rings. The molecule has 0 bridgehead atoms. The van der Waals surface area contributed by atoms with E-state index in [9.17, 15) is 0 Å². The van der Waals surface area contributed by atoms with Gasteiger partial charge in [-0.25, -0.2) is 0 Å². The molecule has 2 rings (SSSR count). The first kappa shape index (κ1) is 17.4. The van der Waals surface area contributed by atoms with Crippen LogP contribution >= 0.6 is 49.9 Å². The van der Waals surface area contributed by atoms with Gasteiger partial charge in [0, 0.05) is 6.54 Å². The fourth-order valence-electron chi connectivity index (χ4n) is 2.18. The molecule has 1 unspecified atom stereocenters. The number of thiophene rings is 1. The summed E-state index contributed by atoms with van der Waals surface area (Å²) < 4.78 is 4.47. The van der Waals surface area contributed by atoms with Crippen LogP contribution in [0.5, 0.6) is 0 Å². The number of likely N-dealkylation sites (N-methyl/N-ethyl adjacent to an activating group) is 1. The molecule has 0 aliphatic rings. The minimum atomic E-state index is 0.175. The molecular formula is C14H20BrIN4S. The van der Waals surface area contributed by atoms with Gasteiger partial charge in [0.25, 0.3) is 0 Å². The Hall–Kier alpha value is 0.0400. The van der Waals surface area contributed by atoms with Crippen LogP contribution in [-0.4, -0.2) is 41.9 Å². The Kier molecular flexibility index (Phi) is 6.67. The van der Waals surface area contributed by atoms with Crippen LogP contribution in [0.25, 0.3) is 0 Å². The van der Waals surface area contributed by atoms with Crippen molar-refractivity contribution >= 4 is 49.9 Å². The molecular weight excluding hydrogens is 463 g/mol. The molecule has 0 aliphatic carbocycles. The van der Waals surface area contributed by atoms with Gasteiger partial charge in [0.2, 0.25) is 0 Å². The smallest absolute Gasteiger partial charge is 0.0768 e. The Morgan fingerprint density at radius 1 is 1.52 bits per heavy atom. The van der Waals surface area contributed by atoms with Crippen LogP contribution < -0.4 is 5.32 Å². The van der Waals surface area contributed by atoms with Crippen molar-refractivity contribution in [1.82, 2.24) is 20.0 Å². The number of halogens is 2. The molecule has 4 nitrogen and oxygen atoms in total. The maximum Gasteiger partial charge on any atom is 0.0768 e. The highest BCUT2D eigenvalue weighted by Gasteiger charge is 2.22. The average molecular weight is 483 g/mol. The highest BCUT2D eigenvalue weighted by molar-refractivity contribution is 14.1. The van der Waals surface area contributed by atoms with Crippen LogP contribution in [0.2, 0.25) is 0 Å². The number of nitrogens with one attached hydrogen (secondary N) is 1. The number of aromatic nitrogens is 2. The van der Waals surface area contributed by atoms with E-state index >= 15 is 0 Å². The van der Waals surface area contributed by atoms with Crippen molar-refractivity contribution in [1.29, 1.82) is 0 Å². The van der Waals surface area contributed by atoms with Crippen molar-refractivity contribution in [2.45, 2.75) is 19.5 Å². The zero-order valence-corrected chi connectivity index (χ0v) is 17.0. The molecule has 2 aromatic heterocycles. The van der Waals surface area contributed by atoms with Gasteiger partial charge in [0.05, 0.1) is 31.8 Å². The molecule has 0 saturated carbocycles. The minimum absolute atomic E-state index is 0.175. The largest absolute Gasteiger partial charge is 0.308 e. The van der Waals surface area contributed by atoms with Crippen LogP contribution in [0.4, 0.5) is 0 Å². The Morgan fingerprint density at radius 2 is 2.29 bits per heavy atom. The number of rotatable bonds is 7. The summed E-state index contributed by atoms with van der Waals surface area (Å²) in [7, 11) is 4.17. The second kappa shape index (κ2) is 8.05. The molecule has 0 aromatic carbocycles. The first-order chi connectivity index (χ1) is 10.0. The summed E-state index contributed by atoms with van der Waals surface area (Å²) in [6.07, 6.45) is 1.90. The van der Waals surface area contributed by atoms with Crippen LogP contribution in [0.15, 0.2) is 22.1 Å². The van der Waals surface area contributed by atoms with Crippen molar-refractivity contribution in [3.8, 4) is 0 Å². The Labute approximate surface area is 152 Å². The average Bonchev–Trinajstić information content (AvgIpc) is 3.00. The lowest BCUT2D eigenvalue weighted by molar-refractivity contribution is 0.365. The second-order valence-corrected chi connectivity index (χ2v) is 8.74. The summed E-state index contributed by atoms with van der Waals surface area (Å²) >= 11 is 7.82. The van der Waals surface area contributed by atoms with E-state index in [1.807, 2.05) is 6.20 Å². The van der Waals surface area contributed by atoms with Crippen molar-refractivity contribution in [3.05, 3.63) is 36.3 Å². The molecule has 21 heavy (non-hydrogen) atoms. The standard InChI is InChI=1S/C14H20BrIN4S/c1-4-17-13(10-7-12(16)21-9-10)14-11(15)8-18-20(14)6-5-19(2)3/h7-9,13,17H,4-6H2,1-3H3. The lowest BCUT2D eigenvalue weighted by Crippen LogP contribution is -2.27. The third kappa shape index (κ3) is 4.51. The maximum absolute atomic E-state index is 4.53. The van der Waals surface area contributed by atoms with E-state index < -0.39 is 0 Å². The molecule has 0 saturated heterocycles. The van der Waals surface area contributed by atoms with Crippen LogP contribution in [0.3, 0.4) is 0 Å². The highest BCUT2D eigenvalue weighted by Crippen LogP contribution is 2.31. The number of nitrogens with zero attached hydrogens (tertiary/aromatic N) is 3. The fraction of sp³-hybridized carbons (Fsp3) is 0.500. The monoisotopic (exact) mass is 482 g/mol.